The van der Waals surface area contributed by atoms with Gasteiger partial charge in [0, 0.05) is 30.4 Å². The van der Waals surface area contributed by atoms with Gasteiger partial charge in [0.1, 0.15) is 6.33 Å². The van der Waals surface area contributed by atoms with Gasteiger partial charge in [-0.1, -0.05) is 25.3 Å². The molecule has 4 rings (SSSR count). The molecule has 0 aliphatic heterocycles. The molecule has 1 aromatic carbocycles. The number of halogens is 3. The lowest BCUT2D eigenvalue weighted by atomic mass is 9.82. The fraction of sp³-hybridized carbons (Fsp3) is 0.393. The van der Waals surface area contributed by atoms with Crippen molar-refractivity contribution in [3.63, 3.8) is 0 Å². The highest BCUT2D eigenvalue weighted by Gasteiger charge is 2.31. The fourth-order valence-corrected chi connectivity index (χ4v) is 5.06. The molecule has 1 saturated carbocycles. The number of hydrogen-bond donors (Lipinski definition) is 0. The predicted octanol–water partition coefficient (Wildman–Crippen LogP) is 6.55. The van der Waals surface area contributed by atoms with E-state index in [0.29, 0.717) is 18.2 Å². The average Bonchev–Trinajstić information content (AvgIpc) is 2.85. The number of fused-ring (bicyclic) bond motifs is 1. The van der Waals surface area contributed by atoms with E-state index < -0.39 is 11.7 Å². The van der Waals surface area contributed by atoms with Crippen LogP contribution in [0.5, 0.6) is 0 Å². The van der Waals surface area contributed by atoms with E-state index in [4.69, 9.17) is 0 Å². The third-order valence-electron chi connectivity index (χ3n) is 7.04. The smallest absolute Gasteiger partial charge is 0.368 e. The van der Waals surface area contributed by atoms with Gasteiger partial charge in [0.15, 0.2) is 0 Å². The van der Waals surface area contributed by atoms with Crippen molar-refractivity contribution in [3.05, 3.63) is 84.9 Å². The van der Waals surface area contributed by atoms with Crippen LogP contribution in [0.4, 0.5) is 18.9 Å². The van der Waals surface area contributed by atoms with E-state index in [1.54, 1.807) is 24.5 Å². The maximum Gasteiger partial charge on any atom is 0.417 e. The molecule has 0 radical (unpaired) electrons. The number of pyridine rings is 1. The van der Waals surface area contributed by atoms with Gasteiger partial charge in [-0.05, 0) is 68.8 Å². The lowest BCUT2D eigenvalue weighted by Crippen LogP contribution is -2.37. The van der Waals surface area contributed by atoms with Gasteiger partial charge in [0.2, 0.25) is 0 Å². The van der Waals surface area contributed by atoms with Crippen molar-refractivity contribution in [1.82, 2.24) is 19.9 Å². The van der Waals surface area contributed by atoms with E-state index in [0.717, 1.165) is 66.7 Å². The largest absolute Gasteiger partial charge is 0.417 e. The number of aryl methyl sites for hydroxylation is 1. The van der Waals surface area contributed by atoms with E-state index in [1.807, 2.05) is 0 Å². The van der Waals surface area contributed by atoms with E-state index in [9.17, 15) is 13.2 Å². The molecule has 0 amide bonds. The highest BCUT2D eigenvalue weighted by molar-refractivity contribution is 5.81. The highest BCUT2D eigenvalue weighted by atomic mass is 19.4. The van der Waals surface area contributed by atoms with Gasteiger partial charge < -0.3 is 9.80 Å². The van der Waals surface area contributed by atoms with Crippen LogP contribution in [0.2, 0.25) is 0 Å². The lowest BCUT2D eigenvalue weighted by Gasteiger charge is -2.38. The van der Waals surface area contributed by atoms with Gasteiger partial charge in [-0.25, -0.2) is 9.97 Å². The Balaban J connectivity index is 1.36. The minimum Gasteiger partial charge on any atom is -0.368 e. The zero-order valence-corrected chi connectivity index (χ0v) is 20.8. The second kappa shape index (κ2) is 10.7. The lowest BCUT2D eigenvalue weighted by molar-refractivity contribution is -0.137. The Labute approximate surface area is 210 Å². The Morgan fingerprint density at radius 1 is 1.11 bits per heavy atom. The van der Waals surface area contributed by atoms with Crippen LogP contribution < -0.4 is 4.90 Å². The first-order valence-corrected chi connectivity index (χ1v) is 12.2. The monoisotopic (exact) mass is 495 g/mol. The molecular formula is C28H32F3N5. The third-order valence-corrected chi connectivity index (χ3v) is 7.04. The van der Waals surface area contributed by atoms with E-state index in [-0.39, 0.29) is 6.04 Å². The number of aromatic nitrogens is 3. The van der Waals surface area contributed by atoms with Gasteiger partial charge in [-0.15, -0.1) is 0 Å². The summed E-state index contributed by atoms with van der Waals surface area (Å²) >= 11 is 0. The van der Waals surface area contributed by atoms with Crippen molar-refractivity contribution in [2.45, 2.75) is 51.2 Å². The van der Waals surface area contributed by atoms with Crippen molar-refractivity contribution >= 4 is 16.6 Å². The average molecular weight is 496 g/mol. The molecule has 0 bridgehead atoms. The van der Waals surface area contributed by atoms with Crippen LogP contribution in [-0.4, -0.2) is 39.5 Å². The summed E-state index contributed by atoms with van der Waals surface area (Å²) in [6.07, 6.45) is 6.32. The Morgan fingerprint density at radius 2 is 1.86 bits per heavy atom. The molecule has 1 aliphatic carbocycles. The minimum absolute atomic E-state index is 0.268. The Bertz CT molecular complexity index is 1230. The van der Waals surface area contributed by atoms with Crippen LogP contribution in [0.3, 0.4) is 0 Å². The van der Waals surface area contributed by atoms with Crippen LogP contribution in [-0.2, 0) is 12.6 Å². The molecule has 0 N–H and O–H groups in total. The zero-order valence-electron chi connectivity index (χ0n) is 20.8. The molecule has 5 nitrogen and oxygen atoms in total. The summed E-state index contributed by atoms with van der Waals surface area (Å²) in [6.45, 7) is 10.6. The van der Waals surface area contributed by atoms with Crippen molar-refractivity contribution in [2.24, 2.45) is 5.92 Å². The molecule has 0 saturated heterocycles. The van der Waals surface area contributed by atoms with E-state index in [1.165, 1.54) is 11.8 Å². The number of benzene rings is 1. The molecule has 1 fully saturated rings. The van der Waals surface area contributed by atoms with Crippen molar-refractivity contribution in [1.29, 1.82) is 0 Å². The Morgan fingerprint density at radius 3 is 2.56 bits per heavy atom. The van der Waals surface area contributed by atoms with Gasteiger partial charge in [0.25, 0.3) is 0 Å². The van der Waals surface area contributed by atoms with Crippen LogP contribution in [0, 0.1) is 12.8 Å². The summed E-state index contributed by atoms with van der Waals surface area (Å²) in [6, 6.07) is 7.70. The first-order valence-electron chi connectivity index (χ1n) is 12.2. The van der Waals surface area contributed by atoms with Gasteiger partial charge in [0.05, 0.1) is 35.2 Å². The number of alkyl halides is 3. The topological polar surface area (TPSA) is 45.2 Å². The molecule has 1 aliphatic rings. The maximum atomic E-state index is 13.1. The number of rotatable bonds is 8. The summed E-state index contributed by atoms with van der Waals surface area (Å²) in [5, 5.41) is 1.12. The molecule has 3 aromatic rings. The van der Waals surface area contributed by atoms with Crippen LogP contribution in [0.25, 0.3) is 10.9 Å². The van der Waals surface area contributed by atoms with E-state index >= 15 is 0 Å². The quantitative estimate of drug-likeness (QED) is 0.355. The second-order valence-corrected chi connectivity index (χ2v) is 9.66. The maximum absolute atomic E-state index is 13.1. The number of hydrogen-bond acceptors (Lipinski definition) is 5. The van der Waals surface area contributed by atoms with Gasteiger partial charge in [-0.2, -0.15) is 13.2 Å². The van der Waals surface area contributed by atoms with Gasteiger partial charge in [-0.3, -0.25) is 4.98 Å². The Kier molecular flexibility index (Phi) is 7.62. The summed E-state index contributed by atoms with van der Waals surface area (Å²) < 4.78 is 39.2. The van der Waals surface area contributed by atoms with Gasteiger partial charge >= 0.3 is 6.18 Å². The number of likely N-dealkylation sites (N-methyl/N-ethyl adjacent to an activating group) is 1. The molecule has 0 spiro atoms. The van der Waals surface area contributed by atoms with E-state index in [2.05, 4.69) is 58.1 Å². The molecule has 2 aromatic heterocycles. The van der Waals surface area contributed by atoms with Crippen LogP contribution in [0.15, 0.2) is 68.0 Å². The van der Waals surface area contributed by atoms with Crippen molar-refractivity contribution in [2.75, 3.05) is 18.5 Å². The first-order chi connectivity index (χ1) is 17.2. The van der Waals surface area contributed by atoms with Crippen molar-refractivity contribution in [3.8, 4) is 0 Å². The predicted molar refractivity (Wildman–Crippen MR) is 137 cm³/mol. The molecular weight excluding hydrogens is 463 g/mol. The molecule has 0 atom stereocenters. The highest BCUT2D eigenvalue weighted by Crippen LogP contribution is 2.33. The number of nitrogens with zero attached hydrogens (tertiary/aromatic N) is 5. The van der Waals surface area contributed by atoms with Crippen molar-refractivity contribution < 1.29 is 13.2 Å². The summed E-state index contributed by atoms with van der Waals surface area (Å²) in [5.74, 6) is 0.541. The molecule has 2 heterocycles. The first kappa shape index (κ1) is 25.7. The minimum atomic E-state index is -4.43. The summed E-state index contributed by atoms with van der Waals surface area (Å²) in [5.41, 5.74) is 3.71. The summed E-state index contributed by atoms with van der Waals surface area (Å²) in [7, 11) is 1.74. The normalized spacial score (nSPS) is 18.1. The summed E-state index contributed by atoms with van der Waals surface area (Å²) in [4.78, 5) is 16.6. The SMILES string of the molecule is C=CN(C(=C)CN(C)c1cncc(C(F)(F)F)c1)C1CCC(Cc2ncnc3cc(C)ccc23)CC1. The zero-order chi connectivity index (χ0) is 25.9. The molecule has 0 unspecified atom stereocenters. The molecule has 190 valence electrons. The molecule has 36 heavy (non-hydrogen) atoms. The van der Waals surface area contributed by atoms with Crippen LogP contribution in [0.1, 0.15) is 42.5 Å². The van der Waals surface area contributed by atoms with Crippen LogP contribution >= 0.6 is 0 Å². The Hall–Kier alpha value is -3.42. The number of anilines is 1. The molecule has 8 heteroatoms. The third kappa shape index (κ3) is 5.86. The standard InChI is InChI=1S/C28H32F3N5/c1-5-36(20(3)17-35(4)24-14-22(15-32-16-24)28(29,30)31)23-9-7-21(8-10-23)13-27-25-11-6-19(2)12-26(25)33-18-34-27/h5-6,11-12,14-16,18,21,23H,1,3,7-10,13,17H2,2,4H3. The second-order valence-electron chi connectivity index (χ2n) is 9.66. The fourth-order valence-electron chi connectivity index (χ4n) is 5.06.